The molecule has 34 heavy (non-hydrogen) atoms. The van der Waals surface area contributed by atoms with Gasteiger partial charge in [0.1, 0.15) is 0 Å². The average Bonchev–Trinajstić information content (AvgIpc) is 2.67. The Hall–Kier alpha value is 0.0769. The predicted molar refractivity (Wildman–Crippen MR) is 147 cm³/mol. The van der Waals surface area contributed by atoms with Crippen molar-refractivity contribution in [2.24, 2.45) is 10.8 Å². The molecule has 2 heteroatoms. The molecule has 0 aromatic heterocycles. The molecule has 0 nitrogen and oxygen atoms in total. The van der Waals surface area contributed by atoms with Crippen molar-refractivity contribution >= 4 is 0 Å². The summed E-state index contributed by atoms with van der Waals surface area (Å²) < 4.78 is 0. The maximum absolute atomic E-state index is 3.88. The third-order valence-corrected chi connectivity index (χ3v) is 7.90. The zero-order chi connectivity index (χ0) is 24.4. The van der Waals surface area contributed by atoms with Crippen molar-refractivity contribution in [2.45, 2.75) is 132 Å². The number of allylic oxidation sites excluding steroid dienone is 8. The Labute approximate surface area is 237 Å². The van der Waals surface area contributed by atoms with Gasteiger partial charge in [-0.25, -0.2) is 0 Å². The third kappa shape index (κ3) is 12.4. The van der Waals surface area contributed by atoms with Gasteiger partial charge in [0.05, 0.1) is 0 Å². The van der Waals surface area contributed by atoms with Crippen LogP contribution in [0.2, 0.25) is 0 Å². The summed E-state index contributed by atoms with van der Waals surface area (Å²) in [6.07, 6.45) is 19.4. The monoisotopic (exact) mass is 508 g/mol. The molecule has 0 fully saturated rings. The van der Waals surface area contributed by atoms with E-state index in [1.165, 1.54) is 75.4 Å². The first-order chi connectivity index (χ1) is 14.9. The van der Waals surface area contributed by atoms with Gasteiger partial charge in [0.15, 0.2) is 0 Å². The minimum Gasteiger partial charge on any atom is -0.340 e. The predicted octanol–water partition coefficient (Wildman–Crippen LogP) is 7.93. The Balaban J connectivity index is 0. The Kier molecular flexibility index (Phi) is 18.7. The van der Waals surface area contributed by atoms with Crippen molar-refractivity contribution in [3.8, 4) is 0 Å². The fourth-order valence-electron chi connectivity index (χ4n) is 5.79. The van der Waals surface area contributed by atoms with E-state index < -0.39 is 0 Å². The molecule has 0 bridgehead atoms. The molecule has 0 unspecified atom stereocenters. The van der Waals surface area contributed by atoms with Crippen LogP contribution in [-0.2, 0) is 17.1 Å². The second kappa shape index (κ2) is 17.5. The van der Waals surface area contributed by atoms with Gasteiger partial charge >= 0.3 is 35.9 Å². The van der Waals surface area contributed by atoms with E-state index in [2.05, 4.69) is 81.4 Å². The largest absolute Gasteiger partial charge is 1.00 e. The van der Waals surface area contributed by atoms with Crippen LogP contribution in [0.5, 0.6) is 0 Å². The maximum Gasteiger partial charge on any atom is 1.00 e. The SMILES string of the molecule is [CH2-]C/C=C(\C)CCC1=C(C)CCCC1(C)C.[CH2-]C/C=C(\C)CCC1=C(C)CCCC1(C)C.[Cu+].[Li+]. The van der Waals surface area contributed by atoms with Crippen LogP contribution in [0.3, 0.4) is 0 Å². The molecule has 0 saturated carbocycles. The maximum atomic E-state index is 3.88. The van der Waals surface area contributed by atoms with E-state index in [-0.39, 0.29) is 35.9 Å². The minimum absolute atomic E-state index is 0. The van der Waals surface area contributed by atoms with Gasteiger partial charge in [0, 0.05) is 0 Å². The van der Waals surface area contributed by atoms with E-state index in [9.17, 15) is 0 Å². The summed E-state index contributed by atoms with van der Waals surface area (Å²) in [5.74, 6) is 0. The van der Waals surface area contributed by atoms with E-state index in [0.29, 0.717) is 10.8 Å². The summed E-state index contributed by atoms with van der Waals surface area (Å²) in [5, 5.41) is 0. The van der Waals surface area contributed by atoms with Crippen LogP contribution in [0.1, 0.15) is 132 Å². The smallest absolute Gasteiger partial charge is 0.340 e. The van der Waals surface area contributed by atoms with E-state index in [1.54, 1.807) is 22.3 Å². The average molecular weight is 509 g/mol. The fourth-order valence-corrected chi connectivity index (χ4v) is 5.79. The van der Waals surface area contributed by atoms with Crippen LogP contribution in [0, 0.1) is 24.7 Å². The molecule has 0 aromatic carbocycles. The first-order valence-corrected chi connectivity index (χ1v) is 13.2. The van der Waals surface area contributed by atoms with Crippen molar-refractivity contribution in [2.75, 3.05) is 0 Å². The Morgan fingerprint density at radius 3 is 1.32 bits per heavy atom. The van der Waals surface area contributed by atoms with Gasteiger partial charge in [0.25, 0.3) is 0 Å². The molecule has 2 aliphatic rings. The van der Waals surface area contributed by atoms with Gasteiger partial charge in [-0.05, 0) is 103 Å². The first-order valence-electron chi connectivity index (χ1n) is 13.2. The standard InChI is InChI=1S/2C16H27.Cu.Li/c2*1-6-8-13(2)10-11-15-14(3)9-7-12-16(15,4)5;;/h2*8H,1,6-7,9-12H2,2-5H3;;/q2*-1;2*+1/b2*13-8+;;. The minimum atomic E-state index is 0. The van der Waals surface area contributed by atoms with Crippen molar-refractivity contribution in [3.05, 3.63) is 59.4 Å². The summed E-state index contributed by atoms with van der Waals surface area (Å²) in [7, 11) is 0. The number of hydrogen-bond donors (Lipinski definition) is 0. The van der Waals surface area contributed by atoms with Gasteiger partial charge in [-0.3, -0.25) is 0 Å². The molecule has 0 amide bonds. The Bertz CT molecular complexity index is 653. The van der Waals surface area contributed by atoms with Crippen LogP contribution in [0.15, 0.2) is 45.6 Å². The van der Waals surface area contributed by atoms with Crippen molar-refractivity contribution < 1.29 is 35.9 Å². The third-order valence-electron chi connectivity index (χ3n) is 7.90. The molecule has 0 N–H and O–H groups in total. The van der Waals surface area contributed by atoms with Gasteiger partial charge in [0.2, 0.25) is 0 Å². The van der Waals surface area contributed by atoms with Gasteiger partial charge in [-0.1, -0.05) is 61.1 Å². The molecule has 2 rings (SSSR count). The molecule has 0 aliphatic heterocycles. The molecular formula is C32H54CuLi. The summed E-state index contributed by atoms with van der Waals surface area (Å²) >= 11 is 0. The van der Waals surface area contributed by atoms with Crippen LogP contribution >= 0.6 is 0 Å². The van der Waals surface area contributed by atoms with Crippen LogP contribution in [0.4, 0.5) is 0 Å². The second-order valence-electron chi connectivity index (χ2n) is 11.7. The molecule has 194 valence electrons. The van der Waals surface area contributed by atoms with E-state index in [0.717, 1.165) is 12.8 Å². The van der Waals surface area contributed by atoms with E-state index in [1.807, 2.05) is 0 Å². The topological polar surface area (TPSA) is 0 Å². The molecular weight excluding hydrogens is 455 g/mol. The van der Waals surface area contributed by atoms with Crippen LogP contribution in [0.25, 0.3) is 0 Å². The van der Waals surface area contributed by atoms with Crippen molar-refractivity contribution in [1.82, 2.24) is 0 Å². The van der Waals surface area contributed by atoms with Gasteiger partial charge < -0.3 is 13.8 Å². The summed E-state index contributed by atoms with van der Waals surface area (Å²) in [4.78, 5) is 0. The molecule has 0 atom stereocenters. The molecule has 0 heterocycles. The second-order valence-corrected chi connectivity index (χ2v) is 11.7. The van der Waals surface area contributed by atoms with Crippen molar-refractivity contribution in [1.29, 1.82) is 0 Å². The molecule has 0 spiro atoms. The molecule has 0 saturated heterocycles. The number of rotatable bonds is 8. The summed E-state index contributed by atoms with van der Waals surface area (Å²) in [6, 6.07) is 0. The fraction of sp³-hybridized carbons (Fsp3) is 0.688. The van der Waals surface area contributed by atoms with Crippen LogP contribution in [-0.4, -0.2) is 0 Å². The van der Waals surface area contributed by atoms with Crippen molar-refractivity contribution in [3.63, 3.8) is 0 Å². The zero-order valence-electron chi connectivity index (χ0n) is 24.4. The number of hydrogen-bond acceptors (Lipinski definition) is 0. The first kappa shape index (κ1) is 36.2. The van der Waals surface area contributed by atoms with Gasteiger partial charge in [-0.15, -0.1) is 12.2 Å². The Morgan fingerprint density at radius 1 is 0.735 bits per heavy atom. The molecule has 2 aliphatic carbocycles. The zero-order valence-corrected chi connectivity index (χ0v) is 25.3. The normalized spacial score (nSPS) is 20.2. The molecule has 0 radical (unpaired) electrons. The Morgan fingerprint density at radius 2 is 1.06 bits per heavy atom. The molecule has 0 aromatic rings. The summed E-state index contributed by atoms with van der Waals surface area (Å²) in [6.45, 7) is 26.5. The van der Waals surface area contributed by atoms with E-state index >= 15 is 0 Å². The van der Waals surface area contributed by atoms with Crippen LogP contribution < -0.4 is 18.9 Å². The quantitative estimate of drug-likeness (QED) is 0.177. The van der Waals surface area contributed by atoms with Gasteiger partial charge in [-0.2, -0.15) is 12.8 Å². The summed E-state index contributed by atoms with van der Waals surface area (Å²) in [5.41, 5.74) is 10.6. The van der Waals surface area contributed by atoms with E-state index in [4.69, 9.17) is 0 Å².